The molecule has 146 valence electrons. The number of unbranched alkanes of at least 4 members (excludes halogenated alkanes) is 1. The van der Waals surface area contributed by atoms with Crippen LogP contribution in [0.4, 0.5) is 0 Å². The van der Waals surface area contributed by atoms with E-state index in [2.05, 4.69) is 10.6 Å². The molecule has 0 fully saturated rings. The lowest BCUT2D eigenvalue weighted by atomic mass is 10.2. The first-order valence-electron chi connectivity index (χ1n) is 8.76. The summed E-state index contributed by atoms with van der Waals surface area (Å²) in [6, 6.07) is 10.1. The Hall–Kier alpha value is -2.19. The topological polar surface area (TPSA) is 92.3 Å². The molecule has 27 heavy (non-hydrogen) atoms. The minimum atomic E-state index is -3.72. The predicted molar refractivity (Wildman–Crippen MR) is 106 cm³/mol. The molecule has 0 saturated carbocycles. The first-order chi connectivity index (χ1) is 12.9. The van der Waals surface area contributed by atoms with Crippen molar-refractivity contribution in [3.8, 4) is 0 Å². The Balaban J connectivity index is 2.15. The molecule has 1 aromatic heterocycles. The van der Waals surface area contributed by atoms with Crippen molar-refractivity contribution in [2.24, 2.45) is 0 Å². The van der Waals surface area contributed by atoms with Gasteiger partial charge in [0.2, 0.25) is 0 Å². The smallest absolute Gasteiger partial charge is 0.309 e. The molecule has 2 aromatic rings. The minimum absolute atomic E-state index is 0.170. The molecule has 2 amide bonds. The number of hydrogen-bond acceptors (Lipinski definition) is 5. The lowest BCUT2D eigenvalue weighted by Crippen LogP contribution is -2.42. The summed E-state index contributed by atoms with van der Waals surface area (Å²) >= 11 is 1.30. The highest BCUT2D eigenvalue weighted by Crippen LogP contribution is 2.31. The molecule has 1 aromatic carbocycles. The van der Waals surface area contributed by atoms with Crippen molar-refractivity contribution in [1.29, 1.82) is 0 Å². The molecule has 1 heterocycles. The van der Waals surface area contributed by atoms with Crippen LogP contribution in [0.1, 0.15) is 35.5 Å². The van der Waals surface area contributed by atoms with Crippen LogP contribution in [0.15, 0.2) is 46.7 Å². The van der Waals surface area contributed by atoms with Gasteiger partial charge in [-0.25, -0.2) is 8.42 Å². The number of sulfone groups is 1. The summed E-state index contributed by atoms with van der Waals surface area (Å²) in [6.45, 7) is 4.10. The molecule has 0 spiro atoms. The quantitative estimate of drug-likeness (QED) is 0.519. The van der Waals surface area contributed by atoms with Gasteiger partial charge >= 0.3 is 11.8 Å². The first-order valence-corrected chi connectivity index (χ1v) is 11.2. The van der Waals surface area contributed by atoms with Gasteiger partial charge in [0, 0.05) is 18.0 Å². The number of rotatable bonds is 8. The van der Waals surface area contributed by atoms with Gasteiger partial charge in [-0.1, -0.05) is 37.1 Å². The van der Waals surface area contributed by atoms with Gasteiger partial charge in [-0.3, -0.25) is 9.59 Å². The van der Waals surface area contributed by atoms with E-state index in [0.717, 1.165) is 18.4 Å². The van der Waals surface area contributed by atoms with Gasteiger partial charge in [0.05, 0.1) is 4.90 Å². The van der Waals surface area contributed by atoms with Crippen LogP contribution in [0, 0.1) is 6.92 Å². The molecule has 2 rings (SSSR count). The van der Waals surface area contributed by atoms with Crippen LogP contribution in [-0.4, -0.2) is 33.3 Å². The molecular weight excluding hydrogens is 384 g/mol. The Kier molecular flexibility index (Phi) is 7.55. The molecule has 1 atom stereocenters. The van der Waals surface area contributed by atoms with Crippen LogP contribution in [0.5, 0.6) is 0 Å². The van der Waals surface area contributed by atoms with E-state index in [1.807, 2.05) is 13.8 Å². The molecule has 0 saturated heterocycles. The third kappa shape index (κ3) is 5.64. The fourth-order valence-electron chi connectivity index (χ4n) is 2.45. The molecule has 0 aliphatic rings. The number of hydrogen-bond donors (Lipinski definition) is 2. The van der Waals surface area contributed by atoms with Crippen LogP contribution < -0.4 is 10.6 Å². The zero-order valence-electron chi connectivity index (χ0n) is 15.4. The lowest BCUT2D eigenvalue weighted by Gasteiger charge is -2.17. The molecule has 6 nitrogen and oxygen atoms in total. The third-order valence-corrected chi connectivity index (χ3v) is 7.29. The highest BCUT2D eigenvalue weighted by Gasteiger charge is 2.31. The highest BCUT2D eigenvalue weighted by molar-refractivity contribution is 7.91. The molecule has 0 aliphatic carbocycles. The Morgan fingerprint density at radius 1 is 1.07 bits per heavy atom. The summed E-state index contributed by atoms with van der Waals surface area (Å²) in [4.78, 5) is 24.6. The maximum absolute atomic E-state index is 13.1. The molecule has 0 bridgehead atoms. The Morgan fingerprint density at radius 2 is 1.74 bits per heavy atom. The summed E-state index contributed by atoms with van der Waals surface area (Å²) in [6.07, 6.45) is 1.68. The second kappa shape index (κ2) is 9.66. The molecular formula is C19H24N2O4S2. The number of carbonyl (C=O) groups excluding carboxylic acids is 2. The van der Waals surface area contributed by atoms with Gasteiger partial charge in [-0.15, -0.1) is 11.3 Å². The van der Waals surface area contributed by atoms with E-state index in [-0.39, 0.29) is 11.4 Å². The van der Waals surface area contributed by atoms with Crippen molar-refractivity contribution in [2.45, 2.75) is 36.8 Å². The lowest BCUT2D eigenvalue weighted by molar-refractivity contribution is -0.139. The Labute approximate surface area is 163 Å². The average molecular weight is 409 g/mol. The van der Waals surface area contributed by atoms with E-state index in [4.69, 9.17) is 0 Å². The first kappa shape index (κ1) is 21.1. The maximum atomic E-state index is 13.1. The largest absolute Gasteiger partial charge is 0.348 e. The number of amides is 2. The Morgan fingerprint density at radius 3 is 2.33 bits per heavy atom. The summed E-state index contributed by atoms with van der Waals surface area (Å²) in [7, 11) is -3.72. The summed E-state index contributed by atoms with van der Waals surface area (Å²) in [5.74, 6) is -1.58. The van der Waals surface area contributed by atoms with Crippen molar-refractivity contribution in [2.75, 3.05) is 13.1 Å². The number of nitrogens with one attached hydrogen (secondary N) is 2. The van der Waals surface area contributed by atoms with Crippen LogP contribution in [-0.2, 0) is 19.4 Å². The van der Waals surface area contributed by atoms with E-state index in [9.17, 15) is 18.0 Å². The normalized spacial score (nSPS) is 12.4. The predicted octanol–water partition coefficient (Wildman–Crippen LogP) is 2.60. The van der Waals surface area contributed by atoms with E-state index in [1.165, 1.54) is 11.3 Å². The average Bonchev–Trinajstić information content (AvgIpc) is 3.16. The van der Waals surface area contributed by atoms with Gasteiger partial charge < -0.3 is 10.6 Å². The fourth-order valence-corrected chi connectivity index (χ4v) is 5.24. The molecule has 1 unspecified atom stereocenters. The number of benzene rings is 1. The van der Waals surface area contributed by atoms with Crippen molar-refractivity contribution < 1.29 is 18.0 Å². The van der Waals surface area contributed by atoms with Gasteiger partial charge in [0.15, 0.2) is 9.84 Å². The molecule has 0 aliphatic heterocycles. The monoisotopic (exact) mass is 408 g/mol. The van der Waals surface area contributed by atoms with Gasteiger partial charge in [-0.05, 0) is 36.9 Å². The van der Waals surface area contributed by atoms with Crippen molar-refractivity contribution in [1.82, 2.24) is 10.6 Å². The zero-order chi connectivity index (χ0) is 19.9. The third-order valence-electron chi connectivity index (χ3n) is 4.05. The van der Waals surface area contributed by atoms with Crippen LogP contribution >= 0.6 is 11.3 Å². The summed E-state index contributed by atoms with van der Waals surface area (Å²) in [5, 5.41) is 5.81. The van der Waals surface area contributed by atoms with Crippen LogP contribution in [0.3, 0.4) is 0 Å². The van der Waals surface area contributed by atoms with Crippen molar-refractivity contribution in [3.63, 3.8) is 0 Å². The van der Waals surface area contributed by atoms with Crippen LogP contribution in [0.25, 0.3) is 0 Å². The summed E-state index contributed by atoms with van der Waals surface area (Å²) in [5.41, 5.74) is 0.957. The van der Waals surface area contributed by atoms with Crippen LogP contribution in [0.2, 0.25) is 0 Å². The SMILES string of the molecule is CCCCNC(=O)C(=O)NCC(c1cccs1)S(=O)(=O)c1ccc(C)cc1. The molecule has 8 heteroatoms. The van der Waals surface area contributed by atoms with E-state index in [1.54, 1.807) is 41.8 Å². The fraction of sp³-hybridized carbons (Fsp3) is 0.368. The van der Waals surface area contributed by atoms with Crippen molar-refractivity contribution in [3.05, 3.63) is 52.2 Å². The van der Waals surface area contributed by atoms with Crippen molar-refractivity contribution >= 4 is 33.0 Å². The number of carbonyl (C=O) groups is 2. The number of thiophene rings is 1. The maximum Gasteiger partial charge on any atom is 0.309 e. The summed E-state index contributed by atoms with van der Waals surface area (Å²) < 4.78 is 26.2. The molecule has 0 radical (unpaired) electrons. The Bertz CT molecular complexity index is 860. The highest BCUT2D eigenvalue weighted by atomic mass is 32.2. The second-order valence-corrected chi connectivity index (χ2v) is 9.29. The minimum Gasteiger partial charge on any atom is -0.348 e. The standard InChI is InChI=1S/C19H24N2O4S2/c1-3-4-11-20-18(22)19(23)21-13-17(16-6-5-12-26-16)27(24,25)15-9-7-14(2)8-10-15/h5-10,12,17H,3-4,11,13H2,1-2H3,(H,20,22)(H,21,23). The van der Waals surface area contributed by atoms with E-state index < -0.39 is 26.9 Å². The number of aryl methyl sites for hydroxylation is 1. The van der Waals surface area contributed by atoms with Gasteiger partial charge in [0.1, 0.15) is 5.25 Å². The van der Waals surface area contributed by atoms with E-state index >= 15 is 0 Å². The second-order valence-electron chi connectivity index (χ2n) is 6.18. The van der Waals surface area contributed by atoms with Gasteiger partial charge in [0.25, 0.3) is 0 Å². The zero-order valence-corrected chi connectivity index (χ0v) is 17.0. The van der Waals surface area contributed by atoms with E-state index in [0.29, 0.717) is 11.4 Å². The van der Waals surface area contributed by atoms with Gasteiger partial charge in [-0.2, -0.15) is 0 Å². The molecule has 2 N–H and O–H groups in total.